The summed E-state index contributed by atoms with van der Waals surface area (Å²) in [7, 11) is 0. The van der Waals surface area contributed by atoms with E-state index in [0.717, 1.165) is 19.4 Å². The average Bonchev–Trinajstić information content (AvgIpc) is 2.42. The second kappa shape index (κ2) is 3.87. The average molecular weight is 211 g/mol. The molecule has 2 fully saturated rings. The lowest BCUT2D eigenvalue weighted by molar-refractivity contribution is -0.129. The third kappa shape index (κ3) is 2.08. The molecule has 1 saturated heterocycles. The van der Waals surface area contributed by atoms with E-state index in [1.807, 2.05) is 0 Å². The minimum Gasteiger partial charge on any atom is -0.378 e. The number of carbonyl (C=O) groups excluding carboxylic acids is 1. The van der Waals surface area contributed by atoms with Gasteiger partial charge in [0.15, 0.2) is 0 Å². The van der Waals surface area contributed by atoms with Gasteiger partial charge in [0.05, 0.1) is 13.2 Å². The molecule has 1 aliphatic carbocycles. The highest BCUT2D eigenvalue weighted by Gasteiger charge is 2.44. The van der Waals surface area contributed by atoms with Gasteiger partial charge in [-0.2, -0.15) is 0 Å². The highest BCUT2D eigenvalue weighted by molar-refractivity contribution is 5.89. The first-order chi connectivity index (χ1) is 7.00. The third-order valence-corrected chi connectivity index (χ3v) is 3.73. The summed E-state index contributed by atoms with van der Waals surface area (Å²) in [5, 5.41) is 3.48. The van der Waals surface area contributed by atoms with Crippen LogP contribution in [0.25, 0.3) is 0 Å². The minimum absolute atomic E-state index is 0.118. The number of ether oxygens (including phenoxy) is 1. The van der Waals surface area contributed by atoms with Crippen LogP contribution in [-0.4, -0.2) is 31.1 Å². The minimum atomic E-state index is -0.118. The molecular weight excluding hydrogens is 190 g/mol. The van der Waals surface area contributed by atoms with Crippen molar-refractivity contribution in [2.24, 2.45) is 11.3 Å². The normalized spacial score (nSPS) is 40.7. The van der Waals surface area contributed by atoms with Crippen molar-refractivity contribution < 1.29 is 9.53 Å². The number of hydrogen-bond acceptors (Lipinski definition) is 3. The van der Waals surface area contributed by atoms with Crippen molar-refractivity contribution >= 4 is 5.78 Å². The van der Waals surface area contributed by atoms with Gasteiger partial charge in [-0.3, -0.25) is 4.79 Å². The van der Waals surface area contributed by atoms with Crippen molar-refractivity contribution in [3.05, 3.63) is 0 Å². The third-order valence-electron chi connectivity index (χ3n) is 3.73. The van der Waals surface area contributed by atoms with Crippen LogP contribution < -0.4 is 5.32 Å². The first-order valence-corrected chi connectivity index (χ1v) is 5.89. The summed E-state index contributed by atoms with van der Waals surface area (Å²) in [5.74, 6) is 0.584. The van der Waals surface area contributed by atoms with Crippen molar-refractivity contribution in [1.82, 2.24) is 5.32 Å². The second-order valence-corrected chi connectivity index (χ2v) is 5.60. The fourth-order valence-electron chi connectivity index (χ4n) is 2.72. The largest absolute Gasteiger partial charge is 0.378 e. The quantitative estimate of drug-likeness (QED) is 0.712. The van der Waals surface area contributed by atoms with Crippen LogP contribution in [0.4, 0.5) is 0 Å². The monoisotopic (exact) mass is 211 g/mol. The first kappa shape index (κ1) is 11.1. The van der Waals surface area contributed by atoms with Gasteiger partial charge in [0.25, 0.3) is 0 Å². The van der Waals surface area contributed by atoms with Crippen LogP contribution in [0.1, 0.15) is 33.6 Å². The standard InChI is InChI=1S/C12H21NO2/c1-8-6-15-7-10(13-8)9-4-5-12(2,3)11(9)14/h8-10,13H,4-7H2,1-3H3. The smallest absolute Gasteiger partial charge is 0.143 e. The molecule has 0 aromatic heterocycles. The molecule has 15 heavy (non-hydrogen) atoms. The van der Waals surface area contributed by atoms with Crippen molar-refractivity contribution in [2.75, 3.05) is 13.2 Å². The second-order valence-electron chi connectivity index (χ2n) is 5.60. The van der Waals surface area contributed by atoms with Crippen LogP contribution in [0.5, 0.6) is 0 Å². The van der Waals surface area contributed by atoms with Crippen LogP contribution >= 0.6 is 0 Å². The molecule has 3 atom stereocenters. The van der Waals surface area contributed by atoms with E-state index in [0.29, 0.717) is 18.4 Å². The summed E-state index contributed by atoms with van der Waals surface area (Å²) in [6.45, 7) is 7.68. The molecule has 1 aliphatic heterocycles. The maximum atomic E-state index is 12.1. The lowest BCUT2D eigenvalue weighted by Gasteiger charge is -2.32. The van der Waals surface area contributed by atoms with Gasteiger partial charge in [-0.15, -0.1) is 0 Å². The molecule has 1 saturated carbocycles. The summed E-state index contributed by atoms with van der Waals surface area (Å²) >= 11 is 0. The van der Waals surface area contributed by atoms with Crippen molar-refractivity contribution in [3.8, 4) is 0 Å². The Kier molecular flexibility index (Phi) is 2.86. The molecule has 0 amide bonds. The van der Waals surface area contributed by atoms with Gasteiger partial charge in [0.2, 0.25) is 0 Å². The Balaban J connectivity index is 2.03. The molecule has 0 aromatic carbocycles. The van der Waals surface area contributed by atoms with Gasteiger partial charge in [0, 0.05) is 23.4 Å². The predicted octanol–water partition coefficient (Wildman–Crippen LogP) is 1.37. The molecule has 2 aliphatic rings. The van der Waals surface area contributed by atoms with Crippen LogP contribution in [0.3, 0.4) is 0 Å². The predicted molar refractivity (Wildman–Crippen MR) is 58.7 cm³/mol. The number of ketones is 1. The molecule has 3 heteroatoms. The highest BCUT2D eigenvalue weighted by Crippen LogP contribution is 2.39. The van der Waals surface area contributed by atoms with E-state index in [1.165, 1.54) is 0 Å². The number of carbonyl (C=O) groups is 1. The summed E-state index contributed by atoms with van der Waals surface area (Å²) in [6.07, 6.45) is 2.03. The van der Waals surface area contributed by atoms with Crippen molar-refractivity contribution in [2.45, 2.75) is 45.7 Å². The summed E-state index contributed by atoms with van der Waals surface area (Å²) in [4.78, 5) is 12.1. The summed E-state index contributed by atoms with van der Waals surface area (Å²) in [5.41, 5.74) is -0.118. The molecule has 1 heterocycles. The molecule has 3 unspecified atom stereocenters. The molecule has 0 spiro atoms. The van der Waals surface area contributed by atoms with E-state index < -0.39 is 0 Å². The first-order valence-electron chi connectivity index (χ1n) is 5.89. The van der Waals surface area contributed by atoms with E-state index in [2.05, 4.69) is 26.1 Å². The van der Waals surface area contributed by atoms with Crippen molar-refractivity contribution in [1.29, 1.82) is 0 Å². The zero-order chi connectivity index (χ0) is 11.1. The Morgan fingerprint density at radius 3 is 2.67 bits per heavy atom. The molecule has 0 aromatic rings. The van der Waals surface area contributed by atoms with Crippen LogP contribution in [-0.2, 0) is 9.53 Å². The van der Waals surface area contributed by atoms with Crippen LogP contribution in [0.15, 0.2) is 0 Å². The number of nitrogens with one attached hydrogen (secondary N) is 1. The number of Topliss-reactive ketones (excluding diaryl/α,β-unsaturated/α-hetero) is 1. The molecule has 86 valence electrons. The molecule has 2 rings (SSSR count). The topological polar surface area (TPSA) is 38.3 Å². The zero-order valence-electron chi connectivity index (χ0n) is 9.88. The number of morpholine rings is 1. The number of rotatable bonds is 1. The van der Waals surface area contributed by atoms with E-state index in [1.54, 1.807) is 0 Å². The summed E-state index contributed by atoms with van der Waals surface area (Å²) in [6, 6.07) is 0.614. The van der Waals surface area contributed by atoms with Gasteiger partial charge in [-0.05, 0) is 19.8 Å². The van der Waals surface area contributed by atoms with Crippen LogP contribution in [0.2, 0.25) is 0 Å². The van der Waals surface area contributed by atoms with Crippen molar-refractivity contribution in [3.63, 3.8) is 0 Å². The maximum absolute atomic E-state index is 12.1. The Hall–Kier alpha value is -0.410. The Morgan fingerprint density at radius 2 is 2.13 bits per heavy atom. The Bertz CT molecular complexity index is 262. The van der Waals surface area contributed by atoms with E-state index in [4.69, 9.17) is 4.74 Å². The SMILES string of the molecule is CC1COCC(C2CCC(C)(C)C2=O)N1. The lowest BCUT2D eigenvalue weighted by Crippen LogP contribution is -2.52. The summed E-state index contributed by atoms with van der Waals surface area (Å²) < 4.78 is 5.51. The molecule has 3 nitrogen and oxygen atoms in total. The Morgan fingerprint density at radius 1 is 1.40 bits per heavy atom. The molecule has 0 radical (unpaired) electrons. The Labute approximate surface area is 91.6 Å². The van der Waals surface area contributed by atoms with Gasteiger partial charge in [-0.25, -0.2) is 0 Å². The van der Waals surface area contributed by atoms with E-state index in [9.17, 15) is 4.79 Å². The lowest BCUT2D eigenvalue weighted by atomic mass is 9.86. The van der Waals surface area contributed by atoms with Gasteiger partial charge in [0.1, 0.15) is 5.78 Å². The van der Waals surface area contributed by atoms with Gasteiger partial charge in [-0.1, -0.05) is 13.8 Å². The van der Waals surface area contributed by atoms with Gasteiger partial charge < -0.3 is 10.1 Å². The fraction of sp³-hybridized carbons (Fsp3) is 0.917. The molecular formula is C12H21NO2. The fourth-order valence-corrected chi connectivity index (χ4v) is 2.72. The molecule has 0 bridgehead atoms. The van der Waals surface area contributed by atoms with Gasteiger partial charge >= 0.3 is 0 Å². The zero-order valence-corrected chi connectivity index (χ0v) is 9.88. The molecule has 1 N–H and O–H groups in total. The number of hydrogen-bond donors (Lipinski definition) is 1. The highest BCUT2D eigenvalue weighted by atomic mass is 16.5. The maximum Gasteiger partial charge on any atom is 0.143 e. The van der Waals surface area contributed by atoms with E-state index >= 15 is 0 Å². The van der Waals surface area contributed by atoms with Crippen LogP contribution in [0, 0.1) is 11.3 Å². The van der Waals surface area contributed by atoms with E-state index in [-0.39, 0.29) is 17.4 Å².